The van der Waals surface area contributed by atoms with E-state index in [4.69, 9.17) is 4.98 Å². The van der Waals surface area contributed by atoms with Crippen molar-refractivity contribution in [2.45, 2.75) is 32.1 Å². The van der Waals surface area contributed by atoms with Crippen molar-refractivity contribution in [1.82, 2.24) is 25.0 Å². The highest BCUT2D eigenvalue weighted by Crippen LogP contribution is 2.30. The maximum absolute atomic E-state index is 12.6. The summed E-state index contributed by atoms with van der Waals surface area (Å²) < 4.78 is 1.65. The summed E-state index contributed by atoms with van der Waals surface area (Å²) in [5, 5.41) is 12.1. The second-order valence-electron chi connectivity index (χ2n) is 7.61. The molecule has 1 aliphatic rings. The molecule has 0 spiro atoms. The second-order valence-corrected chi connectivity index (χ2v) is 7.61. The Labute approximate surface area is 164 Å². The lowest BCUT2D eigenvalue weighted by Crippen LogP contribution is -2.25. The van der Waals surface area contributed by atoms with E-state index < -0.39 is 0 Å². The molecule has 3 aromatic rings. The number of amides is 1. The maximum atomic E-state index is 12.6. The van der Waals surface area contributed by atoms with Crippen molar-refractivity contribution in [2.24, 2.45) is 13.0 Å². The van der Waals surface area contributed by atoms with E-state index in [0.717, 1.165) is 48.0 Å². The van der Waals surface area contributed by atoms with Crippen LogP contribution in [0.3, 0.4) is 0 Å². The van der Waals surface area contributed by atoms with Crippen molar-refractivity contribution in [1.29, 1.82) is 0 Å². The minimum atomic E-state index is 0.0597. The highest BCUT2D eigenvalue weighted by atomic mass is 16.1. The molecule has 1 amide bonds. The van der Waals surface area contributed by atoms with Crippen LogP contribution in [0.2, 0.25) is 0 Å². The number of nitrogens with zero attached hydrogens (tertiary/aromatic N) is 6. The van der Waals surface area contributed by atoms with Gasteiger partial charge in [-0.2, -0.15) is 0 Å². The predicted octanol–water partition coefficient (Wildman–Crippen LogP) is 3.01. The fraction of sp³-hybridized carbons (Fsp3) is 0.450. The lowest BCUT2D eigenvalue weighted by Gasteiger charge is -2.20. The van der Waals surface area contributed by atoms with Crippen molar-refractivity contribution >= 4 is 28.3 Å². The van der Waals surface area contributed by atoms with Crippen LogP contribution < -0.4 is 10.2 Å². The molecule has 0 atom stereocenters. The molecule has 3 aromatic heterocycles. The Morgan fingerprint density at radius 2 is 1.96 bits per heavy atom. The summed E-state index contributed by atoms with van der Waals surface area (Å²) >= 11 is 0. The largest absolute Gasteiger partial charge is 0.377 e. The number of aryl methyl sites for hydroxylation is 1. The minimum absolute atomic E-state index is 0.0597. The van der Waals surface area contributed by atoms with E-state index in [2.05, 4.69) is 20.6 Å². The van der Waals surface area contributed by atoms with Gasteiger partial charge in [-0.1, -0.05) is 24.5 Å². The Bertz CT molecular complexity index is 1000. The van der Waals surface area contributed by atoms with E-state index >= 15 is 0 Å². The summed E-state index contributed by atoms with van der Waals surface area (Å²) in [6.45, 7) is 0. The van der Waals surface area contributed by atoms with Crippen molar-refractivity contribution < 1.29 is 4.79 Å². The van der Waals surface area contributed by atoms with E-state index in [1.807, 2.05) is 44.4 Å². The number of nitrogens with one attached hydrogen (secondary N) is 1. The maximum Gasteiger partial charge on any atom is 0.228 e. The third-order valence-electron chi connectivity index (χ3n) is 5.25. The molecule has 8 heteroatoms. The van der Waals surface area contributed by atoms with Gasteiger partial charge in [-0.25, -0.2) is 9.97 Å². The monoisotopic (exact) mass is 379 g/mol. The van der Waals surface area contributed by atoms with Gasteiger partial charge in [0, 0.05) is 50.4 Å². The molecule has 4 rings (SSSR count). The van der Waals surface area contributed by atoms with E-state index in [1.165, 1.54) is 6.42 Å². The van der Waals surface area contributed by atoms with E-state index in [0.29, 0.717) is 11.5 Å². The lowest BCUT2D eigenvalue weighted by molar-refractivity contribution is -0.120. The summed E-state index contributed by atoms with van der Waals surface area (Å²) in [7, 11) is 5.79. The summed E-state index contributed by atoms with van der Waals surface area (Å²) in [6.07, 6.45) is 8.99. The first-order chi connectivity index (χ1) is 13.5. The lowest BCUT2D eigenvalue weighted by atomic mass is 9.89. The molecule has 1 saturated carbocycles. The molecule has 0 bridgehead atoms. The van der Waals surface area contributed by atoms with Gasteiger partial charge in [0.15, 0.2) is 0 Å². The number of hydrogen-bond acceptors (Lipinski definition) is 6. The smallest absolute Gasteiger partial charge is 0.228 e. The average Bonchev–Trinajstić information content (AvgIpc) is 3.14. The van der Waals surface area contributed by atoms with E-state index in [9.17, 15) is 4.79 Å². The van der Waals surface area contributed by atoms with Crippen molar-refractivity contribution in [2.75, 3.05) is 24.3 Å². The molecular formula is C20H25N7O. The number of carbonyl (C=O) groups excluding carboxylic acids is 1. The fourth-order valence-corrected chi connectivity index (χ4v) is 3.73. The summed E-state index contributed by atoms with van der Waals surface area (Å²) in [5.74, 6) is 0.684. The third kappa shape index (κ3) is 3.67. The summed E-state index contributed by atoms with van der Waals surface area (Å²) in [6, 6.07) is 3.82. The Kier molecular flexibility index (Phi) is 4.93. The van der Waals surface area contributed by atoms with Gasteiger partial charge in [0.05, 0.1) is 17.4 Å². The number of fused-ring (bicyclic) bond motifs is 1. The van der Waals surface area contributed by atoms with Crippen LogP contribution in [0.4, 0.5) is 11.5 Å². The molecule has 1 fully saturated rings. The molecule has 0 aliphatic heterocycles. The van der Waals surface area contributed by atoms with Crippen molar-refractivity contribution in [3.05, 3.63) is 24.5 Å². The topological polar surface area (TPSA) is 88.8 Å². The zero-order valence-corrected chi connectivity index (χ0v) is 16.5. The van der Waals surface area contributed by atoms with Crippen molar-refractivity contribution in [3.8, 4) is 11.4 Å². The number of pyridine rings is 2. The summed E-state index contributed by atoms with van der Waals surface area (Å²) in [5.41, 5.74) is 3.20. The Morgan fingerprint density at radius 3 is 2.64 bits per heavy atom. The van der Waals surface area contributed by atoms with Gasteiger partial charge in [0.25, 0.3) is 0 Å². The fourth-order valence-electron chi connectivity index (χ4n) is 3.73. The highest BCUT2D eigenvalue weighted by Gasteiger charge is 2.21. The van der Waals surface area contributed by atoms with Crippen LogP contribution in [0.5, 0.6) is 0 Å². The molecule has 1 N–H and O–H groups in total. The minimum Gasteiger partial charge on any atom is -0.377 e. The molecule has 0 radical (unpaired) electrons. The zero-order chi connectivity index (χ0) is 19.7. The first kappa shape index (κ1) is 18.3. The van der Waals surface area contributed by atoms with Gasteiger partial charge >= 0.3 is 0 Å². The predicted molar refractivity (Wildman–Crippen MR) is 109 cm³/mol. The van der Waals surface area contributed by atoms with Gasteiger partial charge < -0.3 is 10.2 Å². The van der Waals surface area contributed by atoms with E-state index in [-0.39, 0.29) is 11.8 Å². The van der Waals surface area contributed by atoms with Crippen LogP contribution in [0.1, 0.15) is 32.1 Å². The molecule has 0 unspecified atom stereocenters. The molecule has 1 aliphatic carbocycles. The van der Waals surface area contributed by atoms with Gasteiger partial charge in [-0.05, 0) is 18.9 Å². The highest BCUT2D eigenvalue weighted by molar-refractivity contribution is 5.97. The second kappa shape index (κ2) is 7.53. The molecule has 8 nitrogen and oxygen atoms in total. The van der Waals surface area contributed by atoms with Crippen LogP contribution in [0.15, 0.2) is 24.5 Å². The van der Waals surface area contributed by atoms with Crippen LogP contribution in [0.25, 0.3) is 22.3 Å². The van der Waals surface area contributed by atoms with Crippen LogP contribution >= 0.6 is 0 Å². The zero-order valence-electron chi connectivity index (χ0n) is 16.5. The third-order valence-corrected chi connectivity index (χ3v) is 5.25. The van der Waals surface area contributed by atoms with Crippen LogP contribution in [0, 0.1) is 5.92 Å². The Hall–Kier alpha value is -3.03. The van der Waals surface area contributed by atoms with Crippen molar-refractivity contribution in [3.63, 3.8) is 0 Å². The number of anilines is 2. The summed E-state index contributed by atoms with van der Waals surface area (Å²) in [4.78, 5) is 23.8. The first-order valence-electron chi connectivity index (χ1n) is 9.67. The number of carbonyl (C=O) groups is 1. The van der Waals surface area contributed by atoms with Gasteiger partial charge in [0.2, 0.25) is 5.91 Å². The number of rotatable bonds is 4. The number of aromatic nitrogens is 5. The van der Waals surface area contributed by atoms with E-state index in [1.54, 1.807) is 10.9 Å². The molecule has 0 aromatic carbocycles. The molecular weight excluding hydrogens is 354 g/mol. The molecule has 146 valence electrons. The van der Waals surface area contributed by atoms with Crippen LogP contribution in [-0.2, 0) is 11.8 Å². The molecule has 28 heavy (non-hydrogen) atoms. The number of hydrogen-bond donors (Lipinski definition) is 1. The molecule has 0 saturated heterocycles. The SMILES string of the molecule is CN(C)c1cc(-c2cn(C)nn2)nc2cc(NC(=O)C3CCCCC3)ncc12. The average molecular weight is 379 g/mol. The quantitative estimate of drug-likeness (QED) is 0.750. The normalized spacial score (nSPS) is 15.0. The Morgan fingerprint density at radius 1 is 1.18 bits per heavy atom. The van der Waals surface area contributed by atoms with Gasteiger partial charge in [-0.3, -0.25) is 9.48 Å². The Balaban J connectivity index is 1.69. The van der Waals surface area contributed by atoms with Crippen LogP contribution in [-0.4, -0.2) is 45.0 Å². The molecule has 3 heterocycles. The van der Waals surface area contributed by atoms with Gasteiger partial charge in [-0.15, -0.1) is 5.10 Å². The standard InChI is InChI=1S/C20H25N7O/c1-26(2)18-9-16(17-12-27(3)25-24-17)22-15-10-19(21-11-14(15)18)23-20(28)13-7-5-4-6-8-13/h9-13H,4-8H2,1-3H3,(H,21,23,28). The van der Waals surface area contributed by atoms with Gasteiger partial charge in [0.1, 0.15) is 11.5 Å². The first-order valence-corrected chi connectivity index (χ1v) is 9.67.